The van der Waals surface area contributed by atoms with Gasteiger partial charge < -0.3 is 5.32 Å². The lowest BCUT2D eigenvalue weighted by atomic mass is 10.2. The summed E-state index contributed by atoms with van der Waals surface area (Å²) >= 11 is 7.44. The summed E-state index contributed by atoms with van der Waals surface area (Å²) < 4.78 is 2.00. The molecule has 0 fully saturated rings. The third-order valence-electron chi connectivity index (χ3n) is 4.94. The van der Waals surface area contributed by atoms with Gasteiger partial charge in [-0.1, -0.05) is 65.8 Å². The van der Waals surface area contributed by atoms with Crippen LogP contribution in [0.15, 0.2) is 84.0 Å². The van der Waals surface area contributed by atoms with E-state index in [-0.39, 0.29) is 23.7 Å². The van der Waals surface area contributed by atoms with Crippen LogP contribution in [0.1, 0.15) is 12.0 Å². The standard InChI is InChI=1S/C24H20ClN5O3S/c25-19-12-10-18(11-13-19)23-27-28-24(29(23)16-17-6-2-1-3-7-17)34-15-14-22(31)26-20-8-4-5-9-21(20)30(32)33/h1-13H,14-16H2,(H,26,31). The van der Waals surface area contributed by atoms with Crippen LogP contribution in [0.4, 0.5) is 11.4 Å². The van der Waals surface area contributed by atoms with Gasteiger partial charge in [0.05, 0.1) is 11.5 Å². The van der Waals surface area contributed by atoms with E-state index in [9.17, 15) is 14.9 Å². The molecule has 0 atom stereocenters. The fourth-order valence-electron chi connectivity index (χ4n) is 3.30. The van der Waals surface area contributed by atoms with E-state index in [1.54, 1.807) is 24.3 Å². The van der Waals surface area contributed by atoms with Crippen molar-refractivity contribution >= 4 is 40.6 Å². The topological polar surface area (TPSA) is 103 Å². The highest BCUT2D eigenvalue weighted by Gasteiger charge is 2.17. The van der Waals surface area contributed by atoms with E-state index in [1.165, 1.54) is 23.9 Å². The SMILES string of the molecule is O=C(CCSc1nnc(-c2ccc(Cl)cc2)n1Cc1ccccc1)Nc1ccccc1[N+](=O)[O-]. The number of para-hydroxylation sites is 2. The van der Waals surface area contributed by atoms with Gasteiger partial charge in [0.15, 0.2) is 11.0 Å². The smallest absolute Gasteiger partial charge is 0.292 e. The van der Waals surface area contributed by atoms with Gasteiger partial charge in [0.25, 0.3) is 5.69 Å². The molecule has 1 heterocycles. The van der Waals surface area contributed by atoms with Gasteiger partial charge in [-0.15, -0.1) is 10.2 Å². The molecule has 0 saturated carbocycles. The monoisotopic (exact) mass is 493 g/mol. The van der Waals surface area contributed by atoms with Gasteiger partial charge in [-0.2, -0.15) is 0 Å². The Labute approximate surface area is 205 Å². The Kier molecular flexibility index (Phi) is 7.56. The maximum absolute atomic E-state index is 12.4. The van der Waals surface area contributed by atoms with Gasteiger partial charge in [0.1, 0.15) is 5.69 Å². The molecule has 0 spiro atoms. The number of benzene rings is 3. The Hall–Kier alpha value is -3.69. The first-order valence-electron chi connectivity index (χ1n) is 10.4. The fourth-order valence-corrected chi connectivity index (χ4v) is 4.30. The van der Waals surface area contributed by atoms with Crippen molar-refractivity contribution in [2.75, 3.05) is 11.1 Å². The number of aromatic nitrogens is 3. The summed E-state index contributed by atoms with van der Waals surface area (Å²) in [4.78, 5) is 23.0. The lowest BCUT2D eigenvalue weighted by Crippen LogP contribution is -2.13. The zero-order valence-corrected chi connectivity index (χ0v) is 19.5. The molecule has 4 aromatic rings. The second-order valence-electron chi connectivity index (χ2n) is 7.31. The number of carbonyl (C=O) groups excluding carboxylic acids is 1. The first kappa shape index (κ1) is 23.5. The van der Waals surface area contributed by atoms with Crippen molar-refractivity contribution in [3.8, 4) is 11.4 Å². The highest BCUT2D eigenvalue weighted by molar-refractivity contribution is 7.99. The van der Waals surface area contributed by atoms with Gasteiger partial charge in [-0.25, -0.2) is 0 Å². The molecule has 1 N–H and O–H groups in total. The predicted octanol–water partition coefficient (Wildman–Crippen LogP) is 5.68. The minimum absolute atomic E-state index is 0.140. The largest absolute Gasteiger partial charge is 0.320 e. The minimum Gasteiger partial charge on any atom is -0.320 e. The van der Waals surface area contributed by atoms with Crippen molar-refractivity contribution in [1.82, 2.24) is 14.8 Å². The van der Waals surface area contributed by atoms with Crippen molar-refractivity contribution in [3.05, 3.63) is 99.6 Å². The summed E-state index contributed by atoms with van der Waals surface area (Å²) in [5.41, 5.74) is 2.01. The number of thioether (sulfide) groups is 1. The third-order valence-corrected chi connectivity index (χ3v) is 6.16. The maximum Gasteiger partial charge on any atom is 0.292 e. The van der Waals surface area contributed by atoms with Crippen molar-refractivity contribution in [3.63, 3.8) is 0 Å². The number of nitro groups is 1. The second kappa shape index (κ2) is 11.0. The van der Waals surface area contributed by atoms with Crippen LogP contribution >= 0.6 is 23.4 Å². The average molecular weight is 494 g/mol. The lowest BCUT2D eigenvalue weighted by molar-refractivity contribution is -0.383. The molecule has 10 heteroatoms. The summed E-state index contributed by atoms with van der Waals surface area (Å²) in [6.45, 7) is 0.566. The maximum atomic E-state index is 12.4. The average Bonchev–Trinajstić information content (AvgIpc) is 3.22. The van der Waals surface area contributed by atoms with E-state index < -0.39 is 4.92 Å². The summed E-state index contributed by atoms with van der Waals surface area (Å²) in [6.07, 6.45) is 0.158. The molecule has 0 unspecified atom stereocenters. The van der Waals surface area contributed by atoms with E-state index in [2.05, 4.69) is 15.5 Å². The van der Waals surface area contributed by atoms with Crippen molar-refractivity contribution in [2.45, 2.75) is 18.1 Å². The zero-order chi connectivity index (χ0) is 23.9. The predicted molar refractivity (Wildman–Crippen MR) is 133 cm³/mol. The lowest BCUT2D eigenvalue weighted by Gasteiger charge is -2.11. The molecule has 0 bridgehead atoms. The van der Waals surface area contributed by atoms with Gasteiger partial charge in [0.2, 0.25) is 5.91 Å². The number of anilines is 1. The summed E-state index contributed by atoms with van der Waals surface area (Å²) in [7, 11) is 0. The van der Waals surface area contributed by atoms with E-state index in [0.717, 1.165) is 11.1 Å². The zero-order valence-electron chi connectivity index (χ0n) is 17.9. The number of rotatable bonds is 9. The van der Waals surface area contributed by atoms with Crippen LogP contribution in [-0.2, 0) is 11.3 Å². The number of nitrogens with zero attached hydrogens (tertiary/aromatic N) is 4. The number of carbonyl (C=O) groups is 1. The molecule has 0 aliphatic heterocycles. The number of hydrogen-bond acceptors (Lipinski definition) is 6. The highest BCUT2D eigenvalue weighted by atomic mass is 35.5. The molecule has 0 aliphatic rings. The van der Waals surface area contributed by atoms with Gasteiger partial charge in [-0.3, -0.25) is 19.5 Å². The minimum atomic E-state index is -0.519. The normalized spacial score (nSPS) is 10.7. The number of nitro benzene ring substituents is 1. The Bertz CT molecular complexity index is 1300. The number of nitrogens with one attached hydrogen (secondary N) is 1. The summed E-state index contributed by atoms with van der Waals surface area (Å²) in [5.74, 6) is 0.821. The van der Waals surface area contributed by atoms with E-state index in [1.807, 2.05) is 47.0 Å². The number of hydrogen-bond donors (Lipinski definition) is 1. The Balaban J connectivity index is 1.48. The third kappa shape index (κ3) is 5.81. The van der Waals surface area contributed by atoms with Crippen LogP contribution in [0, 0.1) is 10.1 Å². The van der Waals surface area contributed by atoms with Crippen LogP contribution in [0.2, 0.25) is 5.02 Å². The summed E-state index contributed by atoms with van der Waals surface area (Å²) in [6, 6.07) is 23.4. The molecule has 34 heavy (non-hydrogen) atoms. The Morgan fingerprint density at radius 2 is 1.71 bits per heavy atom. The van der Waals surface area contributed by atoms with E-state index in [4.69, 9.17) is 11.6 Å². The molecule has 0 saturated heterocycles. The molecular formula is C24H20ClN5O3S. The Morgan fingerprint density at radius 1 is 1.00 bits per heavy atom. The van der Waals surface area contributed by atoms with Crippen LogP contribution in [0.3, 0.4) is 0 Å². The quantitative estimate of drug-likeness (QED) is 0.183. The van der Waals surface area contributed by atoms with Gasteiger partial charge in [0, 0.05) is 28.8 Å². The Morgan fingerprint density at radius 3 is 2.44 bits per heavy atom. The summed E-state index contributed by atoms with van der Waals surface area (Å²) in [5, 5.41) is 23.8. The van der Waals surface area contributed by atoms with Crippen LogP contribution < -0.4 is 5.32 Å². The molecule has 8 nitrogen and oxygen atoms in total. The molecule has 3 aromatic carbocycles. The molecule has 1 aromatic heterocycles. The molecule has 0 aliphatic carbocycles. The van der Waals surface area contributed by atoms with E-state index >= 15 is 0 Å². The number of halogens is 1. The van der Waals surface area contributed by atoms with E-state index in [0.29, 0.717) is 28.3 Å². The number of amides is 1. The molecule has 1 amide bonds. The molecule has 0 radical (unpaired) electrons. The van der Waals surface area contributed by atoms with Crippen molar-refractivity contribution in [2.24, 2.45) is 0 Å². The van der Waals surface area contributed by atoms with Crippen LogP contribution in [0.5, 0.6) is 0 Å². The van der Waals surface area contributed by atoms with Crippen molar-refractivity contribution in [1.29, 1.82) is 0 Å². The highest BCUT2D eigenvalue weighted by Crippen LogP contribution is 2.27. The first-order chi connectivity index (χ1) is 16.5. The second-order valence-corrected chi connectivity index (χ2v) is 8.80. The van der Waals surface area contributed by atoms with Crippen molar-refractivity contribution < 1.29 is 9.72 Å². The first-order valence-corrected chi connectivity index (χ1v) is 11.8. The molecule has 172 valence electrons. The molecule has 4 rings (SSSR count). The van der Waals surface area contributed by atoms with Gasteiger partial charge in [-0.05, 0) is 35.9 Å². The van der Waals surface area contributed by atoms with Gasteiger partial charge >= 0.3 is 0 Å². The van der Waals surface area contributed by atoms with Crippen LogP contribution in [0.25, 0.3) is 11.4 Å². The molecular weight excluding hydrogens is 474 g/mol. The van der Waals surface area contributed by atoms with Crippen LogP contribution in [-0.4, -0.2) is 31.3 Å². The fraction of sp³-hybridized carbons (Fsp3) is 0.125.